The Morgan fingerprint density at radius 3 is 2.65 bits per heavy atom. The molecular weight excluding hydrogens is 326 g/mol. The molecule has 2 aromatic rings. The molecule has 0 radical (unpaired) electrons. The van der Waals surface area contributed by atoms with Crippen molar-refractivity contribution in [3.8, 4) is 0 Å². The van der Waals surface area contributed by atoms with E-state index in [-0.39, 0.29) is 18.2 Å². The van der Waals surface area contributed by atoms with Crippen LogP contribution in [0.4, 0.5) is 0 Å². The molecule has 1 aromatic carbocycles. The number of furan rings is 1. The van der Waals surface area contributed by atoms with Gasteiger partial charge in [0.05, 0.1) is 6.54 Å². The second kappa shape index (κ2) is 5.92. The van der Waals surface area contributed by atoms with E-state index in [4.69, 9.17) is 9.52 Å². The lowest BCUT2D eigenvalue weighted by atomic mass is 10.1. The van der Waals surface area contributed by atoms with Crippen LogP contribution in [0.25, 0.3) is 0 Å². The van der Waals surface area contributed by atoms with Gasteiger partial charge < -0.3 is 14.8 Å². The van der Waals surface area contributed by atoms with E-state index in [0.29, 0.717) is 11.3 Å². The van der Waals surface area contributed by atoms with Gasteiger partial charge >= 0.3 is 5.97 Å². The molecular formula is C14H12BrNO4. The molecule has 0 aliphatic heterocycles. The molecule has 6 heteroatoms. The van der Waals surface area contributed by atoms with E-state index in [9.17, 15) is 9.59 Å². The minimum Gasteiger partial charge on any atom is -0.475 e. The number of hydrogen-bond donors (Lipinski definition) is 2. The normalized spacial score (nSPS) is 10.3. The maximum Gasteiger partial charge on any atom is 0.371 e. The number of aromatic carboxylic acids is 1. The number of hydrogen-bond acceptors (Lipinski definition) is 3. The SMILES string of the molecule is Cc1cc(Br)cc(C(=O)NCc2ccc(C(=O)O)o2)c1. The molecule has 0 aliphatic carbocycles. The Hall–Kier alpha value is -2.08. The second-order valence-electron chi connectivity index (χ2n) is 4.27. The van der Waals surface area contributed by atoms with Gasteiger partial charge in [0.15, 0.2) is 0 Å². The van der Waals surface area contributed by atoms with Crippen molar-refractivity contribution in [1.29, 1.82) is 0 Å². The summed E-state index contributed by atoms with van der Waals surface area (Å²) in [6, 6.07) is 8.27. The highest BCUT2D eigenvalue weighted by molar-refractivity contribution is 9.10. The monoisotopic (exact) mass is 337 g/mol. The molecule has 1 amide bonds. The Kier molecular flexibility index (Phi) is 4.24. The first kappa shape index (κ1) is 14.3. The first-order valence-electron chi connectivity index (χ1n) is 5.83. The third-order valence-electron chi connectivity index (χ3n) is 2.60. The molecule has 0 spiro atoms. The molecule has 0 saturated heterocycles. The molecule has 0 aliphatic rings. The summed E-state index contributed by atoms with van der Waals surface area (Å²) < 4.78 is 5.88. The third kappa shape index (κ3) is 3.48. The van der Waals surface area contributed by atoms with E-state index in [1.807, 2.05) is 13.0 Å². The number of carbonyl (C=O) groups is 2. The Bertz CT molecular complexity index is 643. The van der Waals surface area contributed by atoms with Crippen molar-refractivity contribution in [1.82, 2.24) is 5.32 Å². The fraction of sp³-hybridized carbons (Fsp3) is 0.143. The number of aryl methyl sites for hydroxylation is 1. The standard InChI is InChI=1S/C14H12BrNO4/c1-8-4-9(6-10(15)5-8)13(17)16-7-11-2-3-12(20-11)14(18)19/h2-6H,7H2,1H3,(H,16,17)(H,18,19). The lowest BCUT2D eigenvalue weighted by Crippen LogP contribution is -2.22. The molecule has 0 fully saturated rings. The second-order valence-corrected chi connectivity index (χ2v) is 5.19. The van der Waals surface area contributed by atoms with Crippen LogP contribution in [-0.2, 0) is 6.54 Å². The lowest BCUT2D eigenvalue weighted by Gasteiger charge is -2.05. The number of rotatable bonds is 4. The molecule has 0 atom stereocenters. The summed E-state index contributed by atoms with van der Waals surface area (Å²) in [7, 11) is 0. The molecule has 1 heterocycles. The van der Waals surface area contributed by atoms with Crippen LogP contribution in [0.15, 0.2) is 39.2 Å². The Morgan fingerprint density at radius 1 is 1.30 bits per heavy atom. The van der Waals surface area contributed by atoms with Crippen LogP contribution in [0.5, 0.6) is 0 Å². The topological polar surface area (TPSA) is 79.5 Å². The van der Waals surface area contributed by atoms with Crippen LogP contribution in [0, 0.1) is 6.92 Å². The number of carboxylic acid groups (broad SMARTS) is 1. The molecule has 1 aromatic heterocycles. The van der Waals surface area contributed by atoms with Gasteiger partial charge in [-0.1, -0.05) is 15.9 Å². The zero-order chi connectivity index (χ0) is 14.7. The van der Waals surface area contributed by atoms with Gasteiger partial charge in [-0.15, -0.1) is 0 Å². The fourth-order valence-corrected chi connectivity index (χ4v) is 2.33. The van der Waals surface area contributed by atoms with E-state index in [1.54, 1.807) is 12.1 Å². The molecule has 104 valence electrons. The average molecular weight is 338 g/mol. The van der Waals surface area contributed by atoms with E-state index in [2.05, 4.69) is 21.2 Å². The summed E-state index contributed by atoms with van der Waals surface area (Å²) >= 11 is 3.33. The number of nitrogens with one attached hydrogen (secondary N) is 1. The molecule has 5 nitrogen and oxygen atoms in total. The first-order valence-corrected chi connectivity index (χ1v) is 6.62. The Morgan fingerprint density at radius 2 is 2.05 bits per heavy atom. The van der Waals surface area contributed by atoms with Gasteiger partial charge in [0.1, 0.15) is 5.76 Å². The smallest absolute Gasteiger partial charge is 0.371 e. The molecule has 0 saturated carbocycles. The van der Waals surface area contributed by atoms with Crippen molar-refractivity contribution in [2.45, 2.75) is 13.5 Å². The molecule has 2 rings (SSSR count). The van der Waals surface area contributed by atoms with Crippen LogP contribution < -0.4 is 5.32 Å². The van der Waals surface area contributed by atoms with E-state index in [0.717, 1.165) is 10.0 Å². The van der Waals surface area contributed by atoms with Crippen molar-refractivity contribution in [3.63, 3.8) is 0 Å². The Balaban J connectivity index is 2.02. The van der Waals surface area contributed by atoms with E-state index >= 15 is 0 Å². The molecule has 0 bridgehead atoms. The average Bonchev–Trinajstić information content (AvgIpc) is 2.83. The van der Waals surface area contributed by atoms with Crippen molar-refractivity contribution < 1.29 is 19.1 Å². The van der Waals surface area contributed by atoms with E-state index < -0.39 is 5.97 Å². The highest BCUT2D eigenvalue weighted by atomic mass is 79.9. The summed E-state index contributed by atoms with van der Waals surface area (Å²) in [5, 5.41) is 11.4. The maximum absolute atomic E-state index is 12.0. The van der Waals surface area contributed by atoms with Gasteiger partial charge in [0.2, 0.25) is 5.76 Å². The van der Waals surface area contributed by atoms with Gasteiger partial charge in [0.25, 0.3) is 5.91 Å². The fourth-order valence-electron chi connectivity index (χ4n) is 1.72. The number of carbonyl (C=O) groups excluding carboxylic acids is 1. The first-order chi connectivity index (χ1) is 9.45. The van der Waals surface area contributed by atoms with Gasteiger partial charge in [0, 0.05) is 10.0 Å². The van der Waals surface area contributed by atoms with Gasteiger partial charge in [-0.3, -0.25) is 4.79 Å². The predicted molar refractivity (Wildman–Crippen MR) is 75.7 cm³/mol. The van der Waals surface area contributed by atoms with Gasteiger partial charge in [-0.2, -0.15) is 0 Å². The van der Waals surface area contributed by atoms with Crippen LogP contribution in [0.2, 0.25) is 0 Å². The quantitative estimate of drug-likeness (QED) is 0.898. The van der Waals surface area contributed by atoms with Crippen LogP contribution >= 0.6 is 15.9 Å². The van der Waals surface area contributed by atoms with Crippen molar-refractivity contribution in [2.75, 3.05) is 0 Å². The van der Waals surface area contributed by atoms with Crippen molar-refractivity contribution in [3.05, 3.63) is 57.5 Å². The summed E-state index contributed by atoms with van der Waals surface area (Å²) in [4.78, 5) is 22.6. The zero-order valence-corrected chi connectivity index (χ0v) is 12.2. The van der Waals surface area contributed by atoms with E-state index in [1.165, 1.54) is 12.1 Å². The van der Waals surface area contributed by atoms with Crippen LogP contribution in [0.1, 0.15) is 32.2 Å². The minimum absolute atomic E-state index is 0.137. The van der Waals surface area contributed by atoms with Crippen molar-refractivity contribution in [2.24, 2.45) is 0 Å². The van der Waals surface area contributed by atoms with Crippen LogP contribution in [0.3, 0.4) is 0 Å². The molecule has 2 N–H and O–H groups in total. The number of carboxylic acids is 1. The third-order valence-corrected chi connectivity index (χ3v) is 3.06. The lowest BCUT2D eigenvalue weighted by molar-refractivity contribution is 0.0660. The largest absolute Gasteiger partial charge is 0.475 e. The number of halogens is 1. The zero-order valence-electron chi connectivity index (χ0n) is 10.6. The Labute approximate surface area is 123 Å². The summed E-state index contributed by atoms with van der Waals surface area (Å²) in [6.07, 6.45) is 0. The summed E-state index contributed by atoms with van der Waals surface area (Å²) in [5.74, 6) is -1.14. The highest BCUT2D eigenvalue weighted by Gasteiger charge is 2.11. The maximum atomic E-state index is 12.0. The number of benzene rings is 1. The minimum atomic E-state index is -1.13. The van der Waals surface area contributed by atoms with Crippen LogP contribution in [-0.4, -0.2) is 17.0 Å². The van der Waals surface area contributed by atoms with Gasteiger partial charge in [-0.25, -0.2) is 4.79 Å². The summed E-state index contributed by atoms with van der Waals surface area (Å²) in [6.45, 7) is 2.03. The van der Waals surface area contributed by atoms with Crippen molar-refractivity contribution >= 4 is 27.8 Å². The number of amides is 1. The molecule has 20 heavy (non-hydrogen) atoms. The molecule has 0 unspecified atom stereocenters. The summed E-state index contributed by atoms with van der Waals surface area (Å²) in [5.41, 5.74) is 1.50. The predicted octanol–water partition coefficient (Wildman–Crippen LogP) is 2.98. The van der Waals surface area contributed by atoms with Gasteiger partial charge in [-0.05, 0) is 42.8 Å². The highest BCUT2D eigenvalue weighted by Crippen LogP contribution is 2.15.